The minimum Gasteiger partial charge on any atom is -0.480 e. The first-order valence-corrected chi connectivity index (χ1v) is 12.5. The van der Waals surface area contributed by atoms with E-state index in [0.717, 1.165) is 10.9 Å². The lowest BCUT2D eigenvalue weighted by Gasteiger charge is -2.25. The van der Waals surface area contributed by atoms with Crippen molar-refractivity contribution >= 4 is 40.6 Å². The van der Waals surface area contributed by atoms with Crippen LogP contribution in [0.1, 0.15) is 32.3 Å². The Morgan fingerprint density at radius 2 is 1.59 bits per heavy atom. The number of carboxylic acid groups (broad SMARTS) is 1. The Morgan fingerprint density at radius 3 is 2.21 bits per heavy atom. The van der Waals surface area contributed by atoms with E-state index in [1.54, 1.807) is 20.0 Å². The van der Waals surface area contributed by atoms with Crippen LogP contribution in [-0.4, -0.2) is 82.2 Å². The number of carboxylic acids is 1. The molecule has 1 heterocycles. The summed E-state index contributed by atoms with van der Waals surface area (Å²) in [5.41, 5.74) is 18.2. The SMILES string of the molecule is CC(C)C(N)C(=O)NC(CCCN=C(N)N)C(=O)NC(Cc1c[nH]c2ccccc12)C(=O)NC(CO)C(=O)O. The number of aliphatic hydroxyl groups is 1. The summed E-state index contributed by atoms with van der Waals surface area (Å²) in [6.07, 6.45) is 2.15. The fourth-order valence-corrected chi connectivity index (χ4v) is 3.80. The Hall–Kier alpha value is -4.17. The molecule has 12 N–H and O–H groups in total. The molecular formula is C25H38N8O6. The highest BCUT2D eigenvalue weighted by molar-refractivity contribution is 5.95. The van der Waals surface area contributed by atoms with Crippen molar-refractivity contribution in [3.8, 4) is 0 Å². The van der Waals surface area contributed by atoms with Gasteiger partial charge in [-0.25, -0.2) is 4.79 Å². The predicted octanol–water partition coefficient (Wildman–Crippen LogP) is -1.72. The van der Waals surface area contributed by atoms with Crippen molar-refractivity contribution < 1.29 is 29.4 Å². The lowest BCUT2D eigenvalue weighted by atomic mass is 10.0. The van der Waals surface area contributed by atoms with E-state index in [1.165, 1.54) is 0 Å². The topological polar surface area (TPSA) is 251 Å². The minimum atomic E-state index is -1.57. The highest BCUT2D eigenvalue weighted by Crippen LogP contribution is 2.19. The number of aliphatic imine (C=N–C) groups is 1. The van der Waals surface area contributed by atoms with Crippen LogP contribution in [-0.2, 0) is 25.6 Å². The third kappa shape index (κ3) is 9.26. The number of rotatable bonds is 15. The number of guanidine groups is 1. The molecule has 0 radical (unpaired) electrons. The molecule has 3 amide bonds. The molecule has 14 nitrogen and oxygen atoms in total. The number of aromatic nitrogens is 1. The smallest absolute Gasteiger partial charge is 0.328 e. The van der Waals surface area contributed by atoms with Gasteiger partial charge >= 0.3 is 5.97 Å². The van der Waals surface area contributed by atoms with Gasteiger partial charge in [-0.3, -0.25) is 19.4 Å². The number of aliphatic hydroxyl groups excluding tert-OH is 1. The molecule has 214 valence electrons. The van der Waals surface area contributed by atoms with Crippen LogP contribution in [0.4, 0.5) is 0 Å². The first kappa shape index (κ1) is 31.1. The van der Waals surface area contributed by atoms with Gasteiger partial charge in [0.2, 0.25) is 17.7 Å². The number of nitrogens with two attached hydrogens (primary N) is 3. The minimum absolute atomic E-state index is 0.000467. The van der Waals surface area contributed by atoms with Crippen molar-refractivity contribution in [3.05, 3.63) is 36.0 Å². The molecule has 2 rings (SSSR count). The van der Waals surface area contributed by atoms with Gasteiger partial charge in [-0.2, -0.15) is 0 Å². The van der Waals surface area contributed by atoms with E-state index in [0.29, 0.717) is 12.0 Å². The van der Waals surface area contributed by atoms with Crippen LogP contribution in [0.15, 0.2) is 35.5 Å². The van der Waals surface area contributed by atoms with Gasteiger partial charge in [0, 0.05) is 30.1 Å². The summed E-state index contributed by atoms with van der Waals surface area (Å²) in [5, 5.41) is 27.0. The van der Waals surface area contributed by atoms with Crippen LogP contribution in [0.3, 0.4) is 0 Å². The summed E-state index contributed by atoms with van der Waals surface area (Å²) in [4.78, 5) is 57.5. The summed E-state index contributed by atoms with van der Waals surface area (Å²) < 4.78 is 0. The third-order valence-corrected chi connectivity index (χ3v) is 6.13. The molecule has 14 heteroatoms. The van der Waals surface area contributed by atoms with Gasteiger partial charge in [0.1, 0.15) is 18.1 Å². The number of hydrogen-bond donors (Lipinski definition) is 9. The van der Waals surface area contributed by atoms with Crippen LogP contribution in [0.5, 0.6) is 0 Å². The molecule has 0 aliphatic carbocycles. The average Bonchev–Trinajstić information content (AvgIpc) is 3.30. The molecule has 0 spiro atoms. The monoisotopic (exact) mass is 546 g/mol. The van der Waals surface area contributed by atoms with Crippen LogP contribution in [0.25, 0.3) is 10.9 Å². The number of carbonyl (C=O) groups excluding carboxylic acids is 3. The highest BCUT2D eigenvalue weighted by Gasteiger charge is 2.31. The number of nitrogens with zero attached hydrogens (tertiary/aromatic N) is 1. The van der Waals surface area contributed by atoms with Crippen LogP contribution >= 0.6 is 0 Å². The number of nitrogens with one attached hydrogen (secondary N) is 4. The number of hydrogen-bond acceptors (Lipinski definition) is 7. The normalized spacial score (nSPS) is 14.2. The molecule has 0 aliphatic heterocycles. The second kappa shape index (κ2) is 14.7. The summed E-state index contributed by atoms with van der Waals surface area (Å²) in [7, 11) is 0. The summed E-state index contributed by atoms with van der Waals surface area (Å²) in [6.45, 7) is 2.89. The first-order valence-electron chi connectivity index (χ1n) is 12.5. The second-order valence-corrected chi connectivity index (χ2v) is 9.49. The van der Waals surface area contributed by atoms with Crippen molar-refractivity contribution in [1.29, 1.82) is 0 Å². The van der Waals surface area contributed by atoms with E-state index in [1.807, 2.05) is 24.3 Å². The third-order valence-electron chi connectivity index (χ3n) is 6.13. The van der Waals surface area contributed by atoms with Gasteiger partial charge in [0.25, 0.3) is 0 Å². The Kier molecular flexibility index (Phi) is 11.7. The maximum Gasteiger partial charge on any atom is 0.328 e. The molecule has 0 aliphatic rings. The lowest BCUT2D eigenvalue weighted by molar-refractivity contribution is -0.143. The van der Waals surface area contributed by atoms with Gasteiger partial charge in [-0.1, -0.05) is 32.0 Å². The number of carbonyl (C=O) groups is 4. The van der Waals surface area contributed by atoms with Crippen molar-refractivity contribution in [3.63, 3.8) is 0 Å². The van der Waals surface area contributed by atoms with Crippen LogP contribution in [0.2, 0.25) is 0 Å². The fourth-order valence-electron chi connectivity index (χ4n) is 3.80. The molecule has 1 aromatic heterocycles. The van der Waals surface area contributed by atoms with Crippen molar-refractivity contribution in [2.45, 2.75) is 57.3 Å². The maximum atomic E-state index is 13.4. The lowest BCUT2D eigenvalue weighted by Crippen LogP contribution is -2.58. The summed E-state index contributed by atoms with van der Waals surface area (Å²) >= 11 is 0. The van der Waals surface area contributed by atoms with Crippen LogP contribution < -0.4 is 33.2 Å². The van der Waals surface area contributed by atoms with Gasteiger partial charge in [-0.05, 0) is 30.4 Å². The Balaban J connectivity index is 2.31. The number of amides is 3. The van der Waals surface area contributed by atoms with E-state index in [9.17, 15) is 29.4 Å². The molecule has 0 saturated heterocycles. The number of para-hydroxylation sites is 1. The van der Waals surface area contributed by atoms with Crippen LogP contribution in [0, 0.1) is 5.92 Å². The quantitative estimate of drug-likeness (QED) is 0.0698. The molecule has 0 bridgehead atoms. The zero-order valence-corrected chi connectivity index (χ0v) is 22.0. The Morgan fingerprint density at radius 1 is 0.974 bits per heavy atom. The Labute approximate surface area is 225 Å². The molecule has 4 atom stereocenters. The van der Waals surface area contributed by atoms with E-state index < -0.39 is 54.5 Å². The molecule has 2 aromatic rings. The molecule has 39 heavy (non-hydrogen) atoms. The van der Waals surface area contributed by atoms with Gasteiger partial charge < -0.3 is 48.3 Å². The molecule has 4 unspecified atom stereocenters. The number of H-pyrrole nitrogens is 1. The number of benzene rings is 1. The second-order valence-electron chi connectivity index (χ2n) is 9.49. The largest absolute Gasteiger partial charge is 0.480 e. The van der Waals surface area contributed by atoms with Crippen molar-refractivity contribution in [2.24, 2.45) is 28.1 Å². The predicted molar refractivity (Wildman–Crippen MR) is 145 cm³/mol. The molecular weight excluding hydrogens is 508 g/mol. The highest BCUT2D eigenvalue weighted by atomic mass is 16.4. The molecule has 0 saturated carbocycles. The molecule has 0 fully saturated rings. The number of aromatic amines is 1. The Bertz CT molecular complexity index is 1180. The first-order chi connectivity index (χ1) is 18.4. The standard InChI is InChI=1S/C25H38N8O6/c1-13(2)20(26)23(37)31-17(8-5-9-29-25(27)28)21(35)32-18(22(36)33-19(12-34)24(38)39)10-14-11-30-16-7-4-3-6-15(14)16/h3-4,6-7,11,13,17-20,30,34H,5,8-10,12,26H2,1-2H3,(H,31,37)(H,32,35)(H,33,36)(H,38,39)(H4,27,28,29). The van der Waals surface area contributed by atoms with E-state index in [-0.39, 0.29) is 31.3 Å². The van der Waals surface area contributed by atoms with Crippen molar-refractivity contribution in [2.75, 3.05) is 13.2 Å². The fraction of sp³-hybridized carbons (Fsp3) is 0.480. The maximum absolute atomic E-state index is 13.4. The zero-order valence-electron chi connectivity index (χ0n) is 22.0. The summed E-state index contributed by atoms with van der Waals surface area (Å²) in [5.74, 6) is -3.79. The number of aliphatic carboxylic acids is 1. The van der Waals surface area contributed by atoms with Gasteiger partial charge in [0.05, 0.1) is 12.6 Å². The average molecular weight is 547 g/mol. The van der Waals surface area contributed by atoms with Gasteiger partial charge in [-0.15, -0.1) is 0 Å². The summed E-state index contributed by atoms with van der Waals surface area (Å²) in [6, 6.07) is 2.58. The van der Waals surface area contributed by atoms with Gasteiger partial charge in [0.15, 0.2) is 5.96 Å². The van der Waals surface area contributed by atoms with E-state index >= 15 is 0 Å². The molecule has 1 aromatic carbocycles. The zero-order chi connectivity index (χ0) is 29.1. The number of fused-ring (bicyclic) bond motifs is 1. The van der Waals surface area contributed by atoms with Crippen molar-refractivity contribution in [1.82, 2.24) is 20.9 Å². The van der Waals surface area contributed by atoms with E-state index in [2.05, 4.69) is 25.9 Å². The van der Waals surface area contributed by atoms with E-state index in [4.69, 9.17) is 17.2 Å².